The van der Waals surface area contributed by atoms with E-state index in [-0.39, 0.29) is 0 Å². The second kappa shape index (κ2) is 4.24. The van der Waals surface area contributed by atoms with Gasteiger partial charge in [0.1, 0.15) is 5.82 Å². The number of nitrogens with one attached hydrogen (secondary N) is 1. The normalized spacial score (nSPS) is 10.8. The molecular formula is C15H13N3O. The average Bonchev–Trinajstić information content (AvgIpc) is 2.81. The first-order valence-electron chi connectivity index (χ1n) is 6.00. The van der Waals surface area contributed by atoms with Crippen LogP contribution in [0.2, 0.25) is 0 Å². The van der Waals surface area contributed by atoms with Gasteiger partial charge in [-0.25, -0.2) is 4.98 Å². The molecule has 0 aliphatic heterocycles. The van der Waals surface area contributed by atoms with Gasteiger partial charge < -0.3 is 10.7 Å². The summed E-state index contributed by atoms with van der Waals surface area (Å²) in [5, 5.41) is 0. The molecule has 0 saturated heterocycles. The Labute approximate surface area is 110 Å². The van der Waals surface area contributed by atoms with E-state index in [1.807, 2.05) is 25.1 Å². The zero-order chi connectivity index (χ0) is 13.4. The maximum absolute atomic E-state index is 11.2. The zero-order valence-corrected chi connectivity index (χ0v) is 10.5. The number of H-pyrrole nitrogens is 1. The molecule has 4 nitrogen and oxygen atoms in total. The SMILES string of the molecule is Cc1cccc(-c2nc3ccc(C(N)=O)cc3[nH]2)c1. The van der Waals surface area contributed by atoms with E-state index in [4.69, 9.17) is 5.73 Å². The molecule has 0 radical (unpaired) electrons. The van der Waals surface area contributed by atoms with Crippen LogP contribution in [0.25, 0.3) is 22.4 Å². The predicted molar refractivity (Wildman–Crippen MR) is 74.8 cm³/mol. The number of hydrogen-bond acceptors (Lipinski definition) is 2. The number of aryl methyl sites for hydroxylation is 1. The van der Waals surface area contributed by atoms with Crippen molar-refractivity contribution in [2.75, 3.05) is 0 Å². The average molecular weight is 251 g/mol. The third-order valence-electron chi connectivity index (χ3n) is 3.06. The highest BCUT2D eigenvalue weighted by molar-refractivity contribution is 5.96. The number of carbonyl (C=O) groups is 1. The Bertz CT molecular complexity index is 774. The summed E-state index contributed by atoms with van der Waals surface area (Å²) in [5.41, 5.74) is 9.58. The van der Waals surface area contributed by atoms with Gasteiger partial charge in [0.15, 0.2) is 0 Å². The molecule has 0 bridgehead atoms. The van der Waals surface area contributed by atoms with Crippen LogP contribution in [0, 0.1) is 6.92 Å². The molecule has 0 fully saturated rings. The van der Waals surface area contributed by atoms with Crippen molar-refractivity contribution in [1.29, 1.82) is 0 Å². The van der Waals surface area contributed by atoms with E-state index in [0.717, 1.165) is 22.4 Å². The Hall–Kier alpha value is -2.62. The zero-order valence-electron chi connectivity index (χ0n) is 10.5. The standard InChI is InChI=1S/C15H13N3O/c1-9-3-2-4-11(7-9)15-17-12-6-5-10(14(16)19)8-13(12)18-15/h2-8H,1H3,(H2,16,19)(H,17,18). The maximum Gasteiger partial charge on any atom is 0.248 e. The van der Waals surface area contributed by atoms with E-state index in [1.54, 1.807) is 18.2 Å². The Kier molecular flexibility index (Phi) is 2.56. The number of hydrogen-bond donors (Lipinski definition) is 2. The van der Waals surface area contributed by atoms with Crippen molar-refractivity contribution < 1.29 is 4.79 Å². The molecule has 0 atom stereocenters. The quantitative estimate of drug-likeness (QED) is 0.735. The Balaban J connectivity index is 2.14. The van der Waals surface area contributed by atoms with E-state index in [9.17, 15) is 4.79 Å². The fraction of sp³-hybridized carbons (Fsp3) is 0.0667. The van der Waals surface area contributed by atoms with Crippen LogP contribution in [0.5, 0.6) is 0 Å². The largest absolute Gasteiger partial charge is 0.366 e. The summed E-state index contributed by atoms with van der Waals surface area (Å²) in [6, 6.07) is 13.3. The number of benzene rings is 2. The number of aromatic nitrogens is 2. The van der Waals surface area contributed by atoms with Crippen molar-refractivity contribution in [2.45, 2.75) is 6.92 Å². The number of aromatic amines is 1. The highest BCUT2D eigenvalue weighted by Crippen LogP contribution is 2.21. The second-order valence-corrected chi connectivity index (χ2v) is 4.55. The van der Waals surface area contributed by atoms with Gasteiger partial charge in [0.25, 0.3) is 0 Å². The van der Waals surface area contributed by atoms with Crippen LogP contribution in [0.15, 0.2) is 42.5 Å². The molecule has 4 heteroatoms. The molecule has 1 heterocycles. The lowest BCUT2D eigenvalue weighted by molar-refractivity contribution is 0.100. The van der Waals surface area contributed by atoms with E-state index >= 15 is 0 Å². The van der Waals surface area contributed by atoms with Crippen molar-refractivity contribution in [3.63, 3.8) is 0 Å². The summed E-state index contributed by atoms with van der Waals surface area (Å²) in [4.78, 5) is 18.9. The summed E-state index contributed by atoms with van der Waals surface area (Å²) in [6.45, 7) is 2.04. The summed E-state index contributed by atoms with van der Waals surface area (Å²) in [7, 11) is 0. The fourth-order valence-corrected chi connectivity index (χ4v) is 2.09. The minimum absolute atomic E-state index is 0.436. The molecule has 1 aromatic heterocycles. The fourth-order valence-electron chi connectivity index (χ4n) is 2.09. The van der Waals surface area contributed by atoms with Gasteiger partial charge in [0, 0.05) is 11.1 Å². The Morgan fingerprint density at radius 2 is 2.05 bits per heavy atom. The van der Waals surface area contributed by atoms with Gasteiger partial charge in [-0.05, 0) is 31.2 Å². The van der Waals surface area contributed by atoms with Crippen molar-refractivity contribution >= 4 is 16.9 Å². The van der Waals surface area contributed by atoms with Crippen LogP contribution in [0.1, 0.15) is 15.9 Å². The van der Waals surface area contributed by atoms with Crippen molar-refractivity contribution in [3.8, 4) is 11.4 Å². The lowest BCUT2D eigenvalue weighted by Gasteiger charge is -1.97. The lowest BCUT2D eigenvalue weighted by Crippen LogP contribution is -2.10. The number of carbonyl (C=O) groups excluding carboxylic acids is 1. The molecule has 2 aromatic carbocycles. The van der Waals surface area contributed by atoms with Gasteiger partial charge in [-0.15, -0.1) is 0 Å². The smallest absolute Gasteiger partial charge is 0.248 e. The third-order valence-corrected chi connectivity index (χ3v) is 3.06. The van der Waals surface area contributed by atoms with Crippen molar-refractivity contribution in [1.82, 2.24) is 9.97 Å². The molecule has 94 valence electrons. The van der Waals surface area contributed by atoms with Crippen LogP contribution < -0.4 is 5.73 Å². The van der Waals surface area contributed by atoms with E-state index in [1.165, 1.54) is 5.56 Å². The first-order chi connectivity index (χ1) is 9.13. The van der Waals surface area contributed by atoms with Crippen LogP contribution >= 0.6 is 0 Å². The summed E-state index contributed by atoms with van der Waals surface area (Å²) in [6.07, 6.45) is 0. The number of nitrogens with two attached hydrogens (primary N) is 1. The molecule has 3 aromatic rings. The van der Waals surface area contributed by atoms with E-state index in [0.29, 0.717) is 5.56 Å². The molecule has 0 unspecified atom stereocenters. The first kappa shape index (κ1) is 11.5. The van der Waals surface area contributed by atoms with Crippen LogP contribution in [0.3, 0.4) is 0 Å². The molecule has 0 spiro atoms. The van der Waals surface area contributed by atoms with Crippen LogP contribution in [-0.4, -0.2) is 15.9 Å². The highest BCUT2D eigenvalue weighted by Gasteiger charge is 2.07. The number of imidazole rings is 1. The predicted octanol–water partition coefficient (Wildman–Crippen LogP) is 2.64. The van der Waals surface area contributed by atoms with Gasteiger partial charge in [0.2, 0.25) is 5.91 Å². The number of nitrogens with zero attached hydrogens (tertiary/aromatic N) is 1. The number of amides is 1. The van der Waals surface area contributed by atoms with Gasteiger partial charge in [-0.2, -0.15) is 0 Å². The topological polar surface area (TPSA) is 71.8 Å². The summed E-state index contributed by atoms with van der Waals surface area (Å²) in [5.74, 6) is 0.355. The highest BCUT2D eigenvalue weighted by atomic mass is 16.1. The molecule has 3 rings (SSSR count). The first-order valence-corrected chi connectivity index (χ1v) is 6.00. The molecule has 1 amide bonds. The van der Waals surface area contributed by atoms with Gasteiger partial charge in [0.05, 0.1) is 11.0 Å². The van der Waals surface area contributed by atoms with E-state index in [2.05, 4.69) is 16.0 Å². The van der Waals surface area contributed by atoms with Crippen molar-refractivity contribution in [3.05, 3.63) is 53.6 Å². The molecule has 0 aliphatic carbocycles. The number of rotatable bonds is 2. The van der Waals surface area contributed by atoms with E-state index < -0.39 is 5.91 Å². The minimum atomic E-state index is -0.436. The Morgan fingerprint density at radius 3 is 2.79 bits per heavy atom. The third kappa shape index (κ3) is 2.08. The molecule has 3 N–H and O–H groups in total. The van der Waals surface area contributed by atoms with Crippen molar-refractivity contribution in [2.24, 2.45) is 5.73 Å². The summed E-state index contributed by atoms with van der Waals surface area (Å²) >= 11 is 0. The second-order valence-electron chi connectivity index (χ2n) is 4.55. The van der Waals surface area contributed by atoms with Crippen LogP contribution in [-0.2, 0) is 0 Å². The lowest BCUT2D eigenvalue weighted by atomic mass is 10.1. The molecule has 19 heavy (non-hydrogen) atoms. The number of primary amides is 1. The van der Waals surface area contributed by atoms with Gasteiger partial charge in [-0.1, -0.05) is 23.8 Å². The summed E-state index contributed by atoms with van der Waals surface area (Å²) < 4.78 is 0. The number of fused-ring (bicyclic) bond motifs is 1. The minimum Gasteiger partial charge on any atom is -0.366 e. The van der Waals surface area contributed by atoms with Gasteiger partial charge >= 0.3 is 0 Å². The van der Waals surface area contributed by atoms with Gasteiger partial charge in [-0.3, -0.25) is 4.79 Å². The Morgan fingerprint density at radius 1 is 1.21 bits per heavy atom. The van der Waals surface area contributed by atoms with Crippen LogP contribution in [0.4, 0.5) is 0 Å². The monoisotopic (exact) mass is 251 g/mol. The maximum atomic E-state index is 11.2. The molecular weight excluding hydrogens is 238 g/mol. The molecule has 0 saturated carbocycles. The molecule has 0 aliphatic rings.